The van der Waals surface area contributed by atoms with Gasteiger partial charge in [-0.3, -0.25) is 4.79 Å². The third-order valence-electron chi connectivity index (χ3n) is 3.98. The smallest absolute Gasteiger partial charge is 0.274 e. The van der Waals surface area contributed by atoms with E-state index in [0.717, 1.165) is 28.7 Å². The van der Waals surface area contributed by atoms with Crippen LogP contribution < -0.4 is 9.64 Å². The number of hydrogen-bond donors (Lipinski definition) is 0. The molecule has 1 amide bonds. The van der Waals surface area contributed by atoms with Crippen LogP contribution in [0.3, 0.4) is 0 Å². The summed E-state index contributed by atoms with van der Waals surface area (Å²) in [5.74, 6) is -0.0449. The third-order valence-corrected chi connectivity index (χ3v) is 4.92. The zero-order valence-corrected chi connectivity index (χ0v) is 15.4. The molecule has 25 heavy (non-hydrogen) atoms. The van der Waals surface area contributed by atoms with Crippen LogP contribution in [0.4, 0.5) is 5.69 Å². The van der Waals surface area contributed by atoms with Crippen LogP contribution in [-0.4, -0.2) is 24.0 Å². The normalized spacial score (nSPS) is 10.8. The van der Waals surface area contributed by atoms with Crippen LogP contribution in [0, 0.1) is 6.92 Å². The summed E-state index contributed by atoms with van der Waals surface area (Å²) in [7, 11) is 0. The van der Waals surface area contributed by atoms with Gasteiger partial charge in [-0.25, -0.2) is 4.98 Å². The Labute approximate surface area is 152 Å². The minimum absolute atomic E-state index is 0.00257. The first-order valence-electron chi connectivity index (χ1n) is 8.53. The monoisotopic (exact) mass is 354 g/mol. The van der Waals surface area contributed by atoms with E-state index in [0.29, 0.717) is 11.7 Å². The highest BCUT2D eigenvalue weighted by Crippen LogP contribution is 2.27. The van der Waals surface area contributed by atoms with Gasteiger partial charge in [0, 0.05) is 12.2 Å². The SMILES string of the molecule is CCCCN(C(=O)COc1nc2ccccc2s1)c1ccc(C)cc1. The molecule has 0 fully saturated rings. The molecule has 0 saturated carbocycles. The maximum atomic E-state index is 12.7. The van der Waals surface area contributed by atoms with E-state index in [1.807, 2.05) is 55.5 Å². The van der Waals surface area contributed by atoms with Gasteiger partial charge in [0.2, 0.25) is 0 Å². The number of fused-ring (bicyclic) bond motifs is 1. The summed E-state index contributed by atoms with van der Waals surface area (Å²) in [6.45, 7) is 4.85. The highest BCUT2D eigenvalue weighted by atomic mass is 32.1. The van der Waals surface area contributed by atoms with E-state index >= 15 is 0 Å². The summed E-state index contributed by atoms with van der Waals surface area (Å²) in [5, 5.41) is 0.536. The summed E-state index contributed by atoms with van der Waals surface area (Å²) < 4.78 is 6.74. The number of thiazole rings is 1. The van der Waals surface area contributed by atoms with E-state index in [1.165, 1.54) is 16.9 Å². The second kappa shape index (κ2) is 8.12. The number of hydrogen-bond acceptors (Lipinski definition) is 4. The van der Waals surface area contributed by atoms with Crippen LogP contribution >= 0.6 is 11.3 Å². The first kappa shape index (κ1) is 17.4. The van der Waals surface area contributed by atoms with Gasteiger partial charge in [0.1, 0.15) is 0 Å². The van der Waals surface area contributed by atoms with Crippen molar-refractivity contribution in [2.24, 2.45) is 0 Å². The second-order valence-corrected chi connectivity index (χ2v) is 6.96. The number of aromatic nitrogens is 1. The molecule has 4 nitrogen and oxygen atoms in total. The number of anilines is 1. The standard InChI is InChI=1S/C20H22N2O2S/c1-3-4-13-22(16-11-9-15(2)10-12-16)19(23)14-24-20-21-17-7-5-6-8-18(17)25-20/h5-12H,3-4,13-14H2,1-2H3. The van der Waals surface area contributed by atoms with E-state index in [9.17, 15) is 4.79 Å². The molecular weight excluding hydrogens is 332 g/mol. The zero-order chi connectivity index (χ0) is 17.6. The molecule has 0 spiro atoms. The van der Waals surface area contributed by atoms with Gasteiger partial charge in [0.25, 0.3) is 11.1 Å². The van der Waals surface area contributed by atoms with Gasteiger partial charge in [-0.05, 0) is 37.6 Å². The predicted octanol–water partition coefficient (Wildman–Crippen LogP) is 4.82. The van der Waals surface area contributed by atoms with Crippen molar-refractivity contribution in [2.45, 2.75) is 26.7 Å². The molecule has 0 saturated heterocycles. The maximum Gasteiger partial charge on any atom is 0.274 e. The van der Waals surface area contributed by atoms with Crippen LogP contribution in [0.2, 0.25) is 0 Å². The maximum absolute atomic E-state index is 12.7. The second-order valence-electron chi connectivity index (χ2n) is 5.97. The highest BCUT2D eigenvalue weighted by molar-refractivity contribution is 7.20. The van der Waals surface area contributed by atoms with Crippen LogP contribution in [0.5, 0.6) is 5.19 Å². The van der Waals surface area contributed by atoms with Gasteiger partial charge in [0.15, 0.2) is 6.61 Å². The number of amides is 1. The topological polar surface area (TPSA) is 42.4 Å². The summed E-state index contributed by atoms with van der Waals surface area (Å²) in [5.41, 5.74) is 2.99. The van der Waals surface area contributed by atoms with Crippen LogP contribution in [0.15, 0.2) is 48.5 Å². The van der Waals surface area contributed by atoms with Crippen molar-refractivity contribution < 1.29 is 9.53 Å². The molecule has 0 aliphatic heterocycles. The molecule has 0 unspecified atom stereocenters. The van der Waals surface area contributed by atoms with Crippen molar-refractivity contribution >= 4 is 33.1 Å². The lowest BCUT2D eigenvalue weighted by molar-refractivity contribution is -0.120. The van der Waals surface area contributed by atoms with Gasteiger partial charge in [-0.15, -0.1) is 0 Å². The highest BCUT2D eigenvalue weighted by Gasteiger charge is 2.17. The van der Waals surface area contributed by atoms with Crippen molar-refractivity contribution in [3.63, 3.8) is 0 Å². The van der Waals surface area contributed by atoms with E-state index in [4.69, 9.17) is 4.74 Å². The minimum atomic E-state index is -0.0449. The molecule has 1 aromatic heterocycles. The average Bonchev–Trinajstić information content (AvgIpc) is 3.04. The number of unbranched alkanes of at least 4 members (excludes halogenated alkanes) is 1. The zero-order valence-electron chi connectivity index (χ0n) is 14.6. The van der Waals surface area contributed by atoms with Crippen molar-refractivity contribution in [2.75, 3.05) is 18.1 Å². The Bertz CT molecular complexity index is 809. The van der Waals surface area contributed by atoms with Gasteiger partial charge in [0.05, 0.1) is 10.2 Å². The molecule has 3 aromatic rings. The molecule has 5 heteroatoms. The van der Waals surface area contributed by atoms with Crippen molar-refractivity contribution in [3.8, 4) is 5.19 Å². The van der Waals surface area contributed by atoms with E-state index in [-0.39, 0.29) is 12.5 Å². The molecule has 0 radical (unpaired) electrons. The lowest BCUT2D eigenvalue weighted by Gasteiger charge is -2.22. The lowest BCUT2D eigenvalue weighted by Crippen LogP contribution is -2.35. The number of para-hydroxylation sites is 1. The van der Waals surface area contributed by atoms with E-state index in [2.05, 4.69) is 11.9 Å². The number of ether oxygens (including phenoxy) is 1. The number of nitrogens with zero attached hydrogens (tertiary/aromatic N) is 2. The van der Waals surface area contributed by atoms with E-state index < -0.39 is 0 Å². The minimum Gasteiger partial charge on any atom is -0.460 e. The Balaban J connectivity index is 1.69. The number of carbonyl (C=O) groups excluding carboxylic acids is 1. The number of benzene rings is 2. The summed E-state index contributed by atoms with van der Waals surface area (Å²) in [6.07, 6.45) is 2.00. The molecule has 1 heterocycles. The molecule has 0 atom stereocenters. The fourth-order valence-electron chi connectivity index (χ4n) is 2.55. The van der Waals surface area contributed by atoms with Crippen LogP contribution in [0.1, 0.15) is 25.3 Å². The summed E-state index contributed by atoms with van der Waals surface area (Å²) in [6, 6.07) is 15.9. The molecule has 130 valence electrons. The Hall–Kier alpha value is -2.40. The van der Waals surface area contributed by atoms with Crippen LogP contribution in [0.25, 0.3) is 10.2 Å². The number of aryl methyl sites for hydroxylation is 1. The molecule has 0 bridgehead atoms. The van der Waals surface area contributed by atoms with Crippen molar-refractivity contribution in [3.05, 3.63) is 54.1 Å². The number of carbonyl (C=O) groups is 1. The van der Waals surface area contributed by atoms with Crippen LogP contribution in [-0.2, 0) is 4.79 Å². The molecule has 2 aromatic carbocycles. The van der Waals surface area contributed by atoms with Gasteiger partial charge in [-0.1, -0.05) is 54.5 Å². The molecule has 0 aliphatic carbocycles. The predicted molar refractivity (Wildman–Crippen MR) is 104 cm³/mol. The largest absolute Gasteiger partial charge is 0.460 e. The van der Waals surface area contributed by atoms with E-state index in [1.54, 1.807) is 4.90 Å². The molecule has 0 N–H and O–H groups in total. The van der Waals surface area contributed by atoms with Gasteiger partial charge >= 0.3 is 0 Å². The average molecular weight is 354 g/mol. The lowest BCUT2D eigenvalue weighted by atomic mass is 10.2. The first-order chi connectivity index (χ1) is 12.2. The van der Waals surface area contributed by atoms with Crippen molar-refractivity contribution in [1.29, 1.82) is 0 Å². The Morgan fingerprint density at radius 2 is 1.92 bits per heavy atom. The Kier molecular flexibility index (Phi) is 5.66. The quantitative estimate of drug-likeness (QED) is 0.611. The fraction of sp³-hybridized carbons (Fsp3) is 0.300. The van der Waals surface area contributed by atoms with Crippen molar-refractivity contribution in [1.82, 2.24) is 4.98 Å². The first-order valence-corrected chi connectivity index (χ1v) is 9.34. The fourth-order valence-corrected chi connectivity index (χ4v) is 3.37. The molecular formula is C20H22N2O2S. The van der Waals surface area contributed by atoms with Gasteiger partial charge in [-0.2, -0.15) is 0 Å². The third kappa shape index (κ3) is 4.37. The molecule has 0 aliphatic rings. The molecule has 3 rings (SSSR count). The summed E-state index contributed by atoms with van der Waals surface area (Å²) in [4.78, 5) is 18.9. The Morgan fingerprint density at radius 3 is 2.64 bits per heavy atom. The summed E-state index contributed by atoms with van der Waals surface area (Å²) >= 11 is 1.46. The van der Waals surface area contributed by atoms with Gasteiger partial charge < -0.3 is 9.64 Å². The number of rotatable bonds is 7. The Morgan fingerprint density at radius 1 is 1.16 bits per heavy atom.